The Morgan fingerprint density at radius 3 is 2.68 bits per heavy atom. The molecule has 0 bridgehead atoms. The summed E-state index contributed by atoms with van der Waals surface area (Å²) in [6, 6.07) is 1.65. The second kappa shape index (κ2) is 6.78. The van der Waals surface area contributed by atoms with E-state index in [1.807, 2.05) is 6.92 Å². The summed E-state index contributed by atoms with van der Waals surface area (Å²) in [6.07, 6.45) is 0.450. The highest BCUT2D eigenvalue weighted by atomic mass is 32.2. The largest absolute Gasteiger partial charge is 0.394 e. The average molecular weight is 294 g/mol. The second-order valence-electron chi connectivity index (χ2n) is 3.72. The lowest BCUT2D eigenvalue weighted by Crippen LogP contribution is -2.26. The summed E-state index contributed by atoms with van der Waals surface area (Å²) in [5.74, 6) is -2.27. The molecule has 0 fully saturated rings. The van der Waals surface area contributed by atoms with Gasteiger partial charge in [0.25, 0.3) is 0 Å². The molecule has 0 saturated heterocycles. The Hall–Kier alpha value is -1.25. The first-order valence-corrected chi connectivity index (χ1v) is 7.19. The van der Waals surface area contributed by atoms with Crippen molar-refractivity contribution in [2.75, 3.05) is 25.5 Å². The quantitative estimate of drug-likeness (QED) is 0.586. The molecule has 0 aliphatic rings. The van der Waals surface area contributed by atoms with Crippen LogP contribution in [0.15, 0.2) is 17.0 Å². The third-order valence-electron chi connectivity index (χ3n) is 2.34. The van der Waals surface area contributed by atoms with Crippen LogP contribution in [0.25, 0.3) is 0 Å². The van der Waals surface area contributed by atoms with Gasteiger partial charge in [-0.3, -0.25) is 0 Å². The van der Waals surface area contributed by atoms with Crippen LogP contribution in [0.1, 0.15) is 13.3 Å². The predicted octanol–water partition coefficient (Wildman–Crippen LogP) is 1.25. The number of rotatable bonds is 7. The molecule has 0 amide bonds. The van der Waals surface area contributed by atoms with Crippen LogP contribution in [0.2, 0.25) is 0 Å². The summed E-state index contributed by atoms with van der Waals surface area (Å²) >= 11 is 0. The number of nitrogen functional groups attached to an aromatic ring is 1. The Kier molecular flexibility index (Phi) is 5.64. The number of anilines is 1. The molecule has 1 rings (SSSR count). The number of nitrogens with two attached hydrogens (primary N) is 1. The Bertz CT molecular complexity index is 535. The summed E-state index contributed by atoms with van der Waals surface area (Å²) in [4.78, 5) is -0.664. The molecule has 3 N–H and O–H groups in total. The van der Waals surface area contributed by atoms with E-state index >= 15 is 0 Å². The molecule has 108 valence electrons. The topological polar surface area (TPSA) is 81.4 Å². The highest BCUT2D eigenvalue weighted by Crippen LogP contribution is 2.22. The monoisotopic (exact) mass is 294 g/mol. The molecule has 0 heterocycles. The molecule has 0 unspecified atom stereocenters. The summed E-state index contributed by atoms with van der Waals surface area (Å²) in [6.45, 7) is 2.85. The van der Waals surface area contributed by atoms with Crippen LogP contribution in [-0.4, -0.2) is 28.2 Å². The highest BCUT2D eigenvalue weighted by Gasteiger charge is 2.21. The first-order valence-electron chi connectivity index (χ1n) is 5.71. The third kappa shape index (κ3) is 4.12. The SMILES string of the molecule is CCOCCCNS(=O)(=O)c1ccc(F)c(N)c1F. The van der Waals surface area contributed by atoms with Gasteiger partial charge in [0.05, 0.1) is 0 Å². The molecular formula is C11H16F2N2O3S. The van der Waals surface area contributed by atoms with Gasteiger partial charge in [0.15, 0.2) is 5.82 Å². The zero-order valence-electron chi connectivity index (χ0n) is 10.4. The highest BCUT2D eigenvalue weighted by molar-refractivity contribution is 7.89. The molecular weight excluding hydrogens is 278 g/mol. The lowest BCUT2D eigenvalue weighted by molar-refractivity contribution is 0.146. The summed E-state index contributed by atoms with van der Waals surface area (Å²) < 4.78 is 57.3. The molecule has 0 radical (unpaired) electrons. The number of hydrogen-bond acceptors (Lipinski definition) is 4. The van der Waals surface area contributed by atoms with Gasteiger partial charge in [0, 0.05) is 19.8 Å². The van der Waals surface area contributed by atoms with Gasteiger partial charge in [-0.2, -0.15) is 0 Å². The summed E-state index contributed by atoms with van der Waals surface area (Å²) in [5.41, 5.74) is 4.30. The lowest BCUT2D eigenvalue weighted by atomic mass is 10.3. The van der Waals surface area contributed by atoms with Gasteiger partial charge in [-0.15, -0.1) is 0 Å². The van der Waals surface area contributed by atoms with Gasteiger partial charge >= 0.3 is 0 Å². The van der Waals surface area contributed by atoms with Crippen LogP contribution in [-0.2, 0) is 14.8 Å². The minimum Gasteiger partial charge on any atom is -0.394 e. The van der Waals surface area contributed by atoms with Crippen molar-refractivity contribution in [1.29, 1.82) is 0 Å². The minimum atomic E-state index is -4.04. The van der Waals surface area contributed by atoms with Crippen LogP contribution in [0.4, 0.5) is 14.5 Å². The Morgan fingerprint density at radius 1 is 1.37 bits per heavy atom. The van der Waals surface area contributed by atoms with E-state index in [1.165, 1.54) is 0 Å². The van der Waals surface area contributed by atoms with E-state index in [-0.39, 0.29) is 6.54 Å². The van der Waals surface area contributed by atoms with Gasteiger partial charge in [-0.1, -0.05) is 0 Å². The number of sulfonamides is 1. The van der Waals surface area contributed by atoms with Crippen molar-refractivity contribution >= 4 is 15.7 Å². The lowest BCUT2D eigenvalue weighted by Gasteiger charge is -2.09. The Labute approximate surface area is 110 Å². The van der Waals surface area contributed by atoms with Gasteiger partial charge in [0.1, 0.15) is 16.4 Å². The van der Waals surface area contributed by atoms with Crippen LogP contribution in [0.3, 0.4) is 0 Å². The van der Waals surface area contributed by atoms with Crippen molar-refractivity contribution in [1.82, 2.24) is 4.72 Å². The van der Waals surface area contributed by atoms with E-state index in [1.54, 1.807) is 0 Å². The molecule has 0 aliphatic heterocycles. The van der Waals surface area contributed by atoms with Crippen LogP contribution in [0, 0.1) is 11.6 Å². The molecule has 1 aromatic carbocycles. The van der Waals surface area contributed by atoms with Crippen LogP contribution < -0.4 is 10.5 Å². The van der Waals surface area contributed by atoms with E-state index in [2.05, 4.69) is 4.72 Å². The van der Waals surface area contributed by atoms with Gasteiger partial charge in [-0.25, -0.2) is 21.9 Å². The van der Waals surface area contributed by atoms with Crippen molar-refractivity contribution in [2.45, 2.75) is 18.2 Å². The molecule has 0 atom stereocenters. The fourth-order valence-electron chi connectivity index (χ4n) is 1.36. The molecule has 19 heavy (non-hydrogen) atoms. The maximum absolute atomic E-state index is 13.6. The second-order valence-corrected chi connectivity index (χ2v) is 5.46. The standard InChI is InChI=1S/C11H16F2N2O3S/c1-2-18-7-3-6-15-19(16,17)9-5-4-8(12)11(14)10(9)13/h4-5,15H,2-3,6-7,14H2,1H3. The van der Waals surface area contributed by atoms with Crippen molar-refractivity contribution in [3.63, 3.8) is 0 Å². The minimum absolute atomic E-state index is 0.0963. The van der Waals surface area contributed by atoms with Crippen LogP contribution >= 0.6 is 0 Å². The number of benzene rings is 1. The Morgan fingerprint density at radius 2 is 2.05 bits per heavy atom. The summed E-state index contributed by atoms with van der Waals surface area (Å²) in [7, 11) is -4.04. The third-order valence-corrected chi connectivity index (χ3v) is 3.82. The Balaban J connectivity index is 2.75. The zero-order chi connectivity index (χ0) is 14.5. The van der Waals surface area contributed by atoms with E-state index in [4.69, 9.17) is 10.5 Å². The van der Waals surface area contributed by atoms with Crippen molar-refractivity contribution in [3.8, 4) is 0 Å². The molecule has 5 nitrogen and oxygen atoms in total. The number of halogens is 2. The molecule has 8 heteroatoms. The molecule has 1 aromatic rings. The van der Waals surface area contributed by atoms with E-state index in [0.29, 0.717) is 19.6 Å². The number of hydrogen-bond donors (Lipinski definition) is 2. The molecule has 0 aliphatic carbocycles. The first kappa shape index (κ1) is 15.8. The fraction of sp³-hybridized carbons (Fsp3) is 0.455. The van der Waals surface area contributed by atoms with Gasteiger partial charge in [-0.05, 0) is 25.5 Å². The van der Waals surface area contributed by atoms with E-state index < -0.39 is 32.2 Å². The van der Waals surface area contributed by atoms with Crippen molar-refractivity contribution in [3.05, 3.63) is 23.8 Å². The molecule has 0 saturated carbocycles. The number of nitrogens with one attached hydrogen (secondary N) is 1. The first-order chi connectivity index (χ1) is 8.90. The zero-order valence-corrected chi connectivity index (χ0v) is 11.3. The normalized spacial score (nSPS) is 11.7. The molecule has 0 aromatic heterocycles. The maximum Gasteiger partial charge on any atom is 0.243 e. The van der Waals surface area contributed by atoms with Gasteiger partial charge in [0.2, 0.25) is 10.0 Å². The van der Waals surface area contributed by atoms with Crippen molar-refractivity contribution < 1.29 is 21.9 Å². The van der Waals surface area contributed by atoms with Crippen molar-refractivity contribution in [2.24, 2.45) is 0 Å². The average Bonchev–Trinajstić information content (AvgIpc) is 2.35. The van der Waals surface area contributed by atoms with Crippen LogP contribution in [0.5, 0.6) is 0 Å². The smallest absolute Gasteiger partial charge is 0.243 e. The number of ether oxygens (including phenoxy) is 1. The summed E-state index contributed by atoms with van der Waals surface area (Å²) in [5, 5.41) is 0. The predicted molar refractivity (Wildman–Crippen MR) is 67.1 cm³/mol. The molecule has 0 spiro atoms. The maximum atomic E-state index is 13.6. The van der Waals surface area contributed by atoms with E-state index in [0.717, 1.165) is 12.1 Å². The fourth-order valence-corrected chi connectivity index (χ4v) is 2.52. The van der Waals surface area contributed by atoms with Gasteiger partial charge < -0.3 is 10.5 Å². The van der Waals surface area contributed by atoms with E-state index in [9.17, 15) is 17.2 Å².